The smallest absolute Gasteiger partial charge is 0.297 e. The third kappa shape index (κ3) is 4.52. The molecule has 0 saturated carbocycles. The van der Waals surface area contributed by atoms with Gasteiger partial charge in [-0.15, -0.1) is 11.8 Å². The number of hydrogen-bond acceptors (Lipinski definition) is 4. The van der Waals surface area contributed by atoms with E-state index in [2.05, 4.69) is 15.5 Å². The molecule has 0 amide bonds. The molecule has 3 nitrogen and oxygen atoms in total. The Kier molecular flexibility index (Phi) is 5.65. The molecule has 0 fully saturated rings. The van der Waals surface area contributed by atoms with Gasteiger partial charge in [0.2, 0.25) is 0 Å². The van der Waals surface area contributed by atoms with E-state index in [1.807, 2.05) is 0 Å². The second kappa shape index (κ2) is 7.13. The van der Waals surface area contributed by atoms with Crippen LogP contribution in [-0.2, 0) is 6.18 Å². The summed E-state index contributed by atoms with van der Waals surface area (Å²) < 4.78 is 77.8. The third-order valence-electron chi connectivity index (χ3n) is 3.80. The van der Waals surface area contributed by atoms with Crippen LogP contribution >= 0.6 is 11.8 Å². The van der Waals surface area contributed by atoms with Gasteiger partial charge in [0.25, 0.3) is 0 Å². The van der Waals surface area contributed by atoms with Crippen LogP contribution in [0.1, 0.15) is 31.4 Å². The third-order valence-corrected chi connectivity index (χ3v) is 4.90. The topological polar surface area (TPSA) is 36.8 Å². The molecule has 0 saturated heterocycles. The largest absolute Gasteiger partial charge is 0.431 e. The van der Waals surface area contributed by atoms with Crippen molar-refractivity contribution in [2.45, 2.75) is 45.1 Å². The molecule has 0 aliphatic carbocycles. The van der Waals surface area contributed by atoms with Gasteiger partial charge in [-0.3, -0.25) is 5.43 Å². The molecule has 1 aromatic carbocycles. The minimum atomic E-state index is -4.57. The number of rotatable bonds is 3. The lowest BCUT2D eigenvalue weighted by Gasteiger charge is -2.25. The molecule has 26 heavy (non-hydrogen) atoms. The molecule has 0 bridgehead atoms. The van der Waals surface area contributed by atoms with E-state index >= 15 is 0 Å². The average Bonchev–Trinajstić information content (AvgIpc) is 2.91. The zero-order valence-corrected chi connectivity index (χ0v) is 15.0. The number of benzene rings is 1. The van der Waals surface area contributed by atoms with E-state index in [-0.39, 0.29) is 16.3 Å². The standard InChI is InChI=1S/C16H17F6N3S/c1-4-26-13(14(3)8-12(24-25-14)16(20,21)22)23-10-6-5-9(2)11(7-10)15(17,18)19/h5-7,25H,4,8H2,1-3H3/b23-13-/t14-/m1/s1. The lowest BCUT2D eigenvalue weighted by Crippen LogP contribution is -2.43. The highest BCUT2D eigenvalue weighted by Gasteiger charge is 2.47. The molecular formula is C16H17F6N3S. The van der Waals surface area contributed by atoms with Gasteiger partial charge in [-0.25, -0.2) is 4.99 Å². The summed E-state index contributed by atoms with van der Waals surface area (Å²) in [4.78, 5) is 4.21. The van der Waals surface area contributed by atoms with Gasteiger partial charge in [0, 0.05) is 6.42 Å². The van der Waals surface area contributed by atoms with Crippen molar-refractivity contribution in [3.05, 3.63) is 29.3 Å². The van der Waals surface area contributed by atoms with Crippen LogP contribution in [0.5, 0.6) is 0 Å². The van der Waals surface area contributed by atoms with Gasteiger partial charge in [0.1, 0.15) is 16.3 Å². The lowest BCUT2D eigenvalue weighted by atomic mass is 9.98. The highest BCUT2D eigenvalue weighted by atomic mass is 32.2. The van der Waals surface area contributed by atoms with Crippen LogP contribution < -0.4 is 5.43 Å². The van der Waals surface area contributed by atoms with Gasteiger partial charge < -0.3 is 0 Å². The van der Waals surface area contributed by atoms with E-state index in [1.54, 1.807) is 6.92 Å². The van der Waals surface area contributed by atoms with Crippen molar-refractivity contribution in [3.8, 4) is 0 Å². The molecular weight excluding hydrogens is 380 g/mol. The monoisotopic (exact) mass is 397 g/mol. The molecule has 1 atom stereocenters. The maximum absolute atomic E-state index is 13.1. The number of hydrogen-bond donors (Lipinski definition) is 1. The van der Waals surface area contributed by atoms with Crippen molar-refractivity contribution in [2.24, 2.45) is 10.1 Å². The van der Waals surface area contributed by atoms with Crippen LogP contribution in [0.25, 0.3) is 0 Å². The fourth-order valence-corrected chi connectivity index (χ4v) is 3.33. The lowest BCUT2D eigenvalue weighted by molar-refractivity contribution is -0.138. The fraction of sp³-hybridized carbons (Fsp3) is 0.500. The second-order valence-corrected chi connectivity index (χ2v) is 7.28. The molecule has 0 aromatic heterocycles. The summed E-state index contributed by atoms with van der Waals surface area (Å²) in [6, 6.07) is 3.60. The summed E-state index contributed by atoms with van der Waals surface area (Å²) >= 11 is 1.16. The number of alkyl halides is 6. The predicted molar refractivity (Wildman–Crippen MR) is 91.1 cm³/mol. The summed E-state index contributed by atoms with van der Waals surface area (Å²) in [5.74, 6) is 0.495. The van der Waals surface area contributed by atoms with Crippen molar-refractivity contribution >= 4 is 28.2 Å². The summed E-state index contributed by atoms with van der Waals surface area (Å²) in [5.41, 5.74) is -0.493. The first kappa shape index (κ1) is 20.6. The Balaban J connectivity index is 2.40. The van der Waals surface area contributed by atoms with Gasteiger partial charge in [-0.05, 0) is 37.3 Å². The maximum Gasteiger partial charge on any atom is 0.431 e. The molecule has 2 rings (SSSR count). The Labute approximate surface area is 151 Å². The van der Waals surface area contributed by atoms with Crippen molar-refractivity contribution in [2.75, 3.05) is 5.75 Å². The fourth-order valence-electron chi connectivity index (χ4n) is 2.45. The van der Waals surface area contributed by atoms with Crippen LogP contribution in [0.4, 0.5) is 32.0 Å². The van der Waals surface area contributed by atoms with Crippen LogP contribution in [0.3, 0.4) is 0 Å². The number of nitrogens with zero attached hydrogens (tertiary/aromatic N) is 2. The summed E-state index contributed by atoms with van der Waals surface area (Å²) in [6.07, 6.45) is -9.55. The van der Waals surface area contributed by atoms with Crippen LogP contribution in [0.15, 0.2) is 28.3 Å². The van der Waals surface area contributed by atoms with Gasteiger partial charge >= 0.3 is 12.4 Å². The normalized spacial score (nSPS) is 21.6. The van der Waals surface area contributed by atoms with Crippen molar-refractivity contribution in [1.29, 1.82) is 0 Å². The van der Waals surface area contributed by atoms with Crippen LogP contribution in [0, 0.1) is 6.92 Å². The van der Waals surface area contributed by atoms with E-state index in [0.29, 0.717) is 5.75 Å². The summed E-state index contributed by atoms with van der Waals surface area (Å²) in [7, 11) is 0. The van der Waals surface area contributed by atoms with Crippen molar-refractivity contribution < 1.29 is 26.3 Å². The zero-order valence-electron chi connectivity index (χ0n) is 14.2. The number of halogens is 6. The molecule has 1 heterocycles. The van der Waals surface area contributed by atoms with Gasteiger partial charge in [-0.2, -0.15) is 31.4 Å². The molecule has 1 aromatic rings. The highest BCUT2D eigenvalue weighted by Crippen LogP contribution is 2.36. The first-order chi connectivity index (χ1) is 11.9. The average molecular weight is 397 g/mol. The molecule has 0 spiro atoms. The molecule has 10 heteroatoms. The molecule has 0 radical (unpaired) electrons. The van der Waals surface area contributed by atoms with Gasteiger partial charge in [0.05, 0.1) is 11.3 Å². The van der Waals surface area contributed by atoms with E-state index in [1.165, 1.54) is 26.0 Å². The molecule has 1 aliphatic rings. The first-order valence-corrected chi connectivity index (χ1v) is 8.66. The number of aryl methyl sites for hydroxylation is 1. The predicted octanol–water partition coefficient (Wildman–Crippen LogP) is 5.47. The molecule has 0 unspecified atom stereocenters. The quantitative estimate of drug-likeness (QED) is 0.417. The Morgan fingerprint density at radius 3 is 2.38 bits per heavy atom. The Morgan fingerprint density at radius 2 is 1.88 bits per heavy atom. The van der Waals surface area contributed by atoms with E-state index in [9.17, 15) is 26.3 Å². The molecule has 1 N–H and O–H groups in total. The zero-order chi connectivity index (χ0) is 19.8. The summed E-state index contributed by atoms with van der Waals surface area (Å²) in [6.45, 7) is 4.61. The molecule has 144 valence electrons. The van der Waals surface area contributed by atoms with Crippen molar-refractivity contribution in [1.82, 2.24) is 5.43 Å². The van der Waals surface area contributed by atoms with Gasteiger partial charge in [0.15, 0.2) is 0 Å². The van der Waals surface area contributed by atoms with E-state index < -0.39 is 35.6 Å². The second-order valence-electron chi connectivity index (χ2n) is 6.02. The maximum atomic E-state index is 13.1. The number of hydrazone groups is 1. The van der Waals surface area contributed by atoms with E-state index in [0.717, 1.165) is 17.8 Å². The first-order valence-electron chi connectivity index (χ1n) is 7.67. The van der Waals surface area contributed by atoms with E-state index in [4.69, 9.17) is 0 Å². The Hall–Kier alpha value is -1.71. The van der Waals surface area contributed by atoms with Crippen LogP contribution in [-0.4, -0.2) is 28.2 Å². The molecule has 1 aliphatic heterocycles. The van der Waals surface area contributed by atoms with Crippen molar-refractivity contribution in [3.63, 3.8) is 0 Å². The highest BCUT2D eigenvalue weighted by molar-refractivity contribution is 8.14. The Bertz CT molecular complexity index is 738. The number of thioether (sulfide) groups is 1. The SMILES string of the molecule is CCS/C(=N\c1ccc(C)c(C(F)(F)F)c1)[C@@]1(C)CC(C(F)(F)F)=NN1. The number of nitrogens with one attached hydrogen (secondary N) is 1. The van der Waals surface area contributed by atoms with Gasteiger partial charge in [-0.1, -0.05) is 13.0 Å². The minimum Gasteiger partial charge on any atom is -0.297 e. The number of aliphatic imine (C=N–C) groups is 1. The van der Waals surface area contributed by atoms with Crippen LogP contribution in [0.2, 0.25) is 0 Å². The Morgan fingerprint density at radius 1 is 1.23 bits per heavy atom. The minimum absolute atomic E-state index is 0.0300. The summed E-state index contributed by atoms with van der Waals surface area (Å²) in [5, 5.41) is 3.59.